The molecule has 1 aliphatic carbocycles. The highest BCUT2D eigenvalue weighted by Crippen LogP contribution is 2.42. The Morgan fingerprint density at radius 3 is 2.48 bits per heavy atom. The van der Waals surface area contributed by atoms with Gasteiger partial charge in [0.2, 0.25) is 0 Å². The molecule has 0 saturated heterocycles. The summed E-state index contributed by atoms with van der Waals surface area (Å²) in [5.74, 6) is -2.74. The molecule has 0 bridgehead atoms. The van der Waals surface area contributed by atoms with Crippen molar-refractivity contribution in [1.82, 2.24) is 15.0 Å². The fraction of sp³-hybridized carbons (Fsp3) is 0.231. The van der Waals surface area contributed by atoms with Crippen molar-refractivity contribution in [2.24, 2.45) is 0 Å². The normalized spacial score (nSPS) is 14.1. The molecule has 1 aliphatic rings. The molecule has 0 atom stereocenters. The van der Waals surface area contributed by atoms with Crippen LogP contribution in [0.4, 0.5) is 0 Å². The first-order chi connectivity index (χ1) is 9.99. The van der Waals surface area contributed by atoms with Gasteiger partial charge >= 0.3 is 11.9 Å². The molecule has 0 spiro atoms. The molecular weight excluding hydrogens is 278 g/mol. The predicted octanol–water partition coefficient (Wildman–Crippen LogP) is 1.25. The maximum atomic E-state index is 11.2. The Morgan fingerprint density at radius 1 is 1.19 bits per heavy atom. The lowest BCUT2D eigenvalue weighted by atomic mass is 10.1. The van der Waals surface area contributed by atoms with Gasteiger partial charge < -0.3 is 15.3 Å². The van der Waals surface area contributed by atoms with Crippen LogP contribution in [0.15, 0.2) is 18.2 Å². The number of phenols is 1. The summed E-state index contributed by atoms with van der Waals surface area (Å²) in [5, 5.41) is 35.1. The predicted molar refractivity (Wildman–Crippen MR) is 68.9 cm³/mol. The second kappa shape index (κ2) is 4.58. The van der Waals surface area contributed by atoms with E-state index in [9.17, 15) is 14.7 Å². The third-order valence-electron chi connectivity index (χ3n) is 3.33. The van der Waals surface area contributed by atoms with E-state index in [-0.39, 0.29) is 22.9 Å². The van der Waals surface area contributed by atoms with Crippen molar-refractivity contribution in [2.45, 2.75) is 18.8 Å². The standard InChI is InChI=1S/C13H11N3O5/c17-9-4-3-7(5-8(9)12(18)19)16-11(6-1-2-6)10(13(20)21)14-15-16/h3-6,17H,1-2H2,(H,18,19)(H,20,21). The van der Waals surface area contributed by atoms with Gasteiger partial charge in [-0.1, -0.05) is 5.21 Å². The lowest BCUT2D eigenvalue weighted by molar-refractivity contribution is 0.0680. The van der Waals surface area contributed by atoms with Crippen molar-refractivity contribution in [3.63, 3.8) is 0 Å². The van der Waals surface area contributed by atoms with Crippen LogP contribution in [0.3, 0.4) is 0 Å². The van der Waals surface area contributed by atoms with Gasteiger partial charge in [0.05, 0.1) is 11.4 Å². The molecule has 8 heteroatoms. The monoisotopic (exact) mass is 289 g/mol. The van der Waals surface area contributed by atoms with Gasteiger partial charge in [0, 0.05) is 5.92 Å². The Bertz CT molecular complexity index is 748. The molecule has 1 heterocycles. The maximum Gasteiger partial charge on any atom is 0.358 e. The first-order valence-electron chi connectivity index (χ1n) is 6.24. The maximum absolute atomic E-state index is 11.2. The largest absolute Gasteiger partial charge is 0.507 e. The summed E-state index contributed by atoms with van der Waals surface area (Å²) < 4.78 is 1.33. The second-order valence-corrected chi connectivity index (χ2v) is 4.82. The van der Waals surface area contributed by atoms with Crippen molar-refractivity contribution < 1.29 is 24.9 Å². The van der Waals surface area contributed by atoms with E-state index in [1.807, 2.05) is 0 Å². The Balaban J connectivity index is 2.15. The molecule has 3 rings (SSSR count). The van der Waals surface area contributed by atoms with Crippen LogP contribution < -0.4 is 0 Å². The third-order valence-corrected chi connectivity index (χ3v) is 3.33. The number of hydrogen-bond donors (Lipinski definition) is 3. The van der Waals surface area contributed by atoms with Crippen molar-refractivity contribution >= 4 is 11.9 Å². The van der Waals surface area contributed by atoms with E-state index in [4.69, 9.17) is 10.2 Å². The molecule has 1 fully saturated rings. The SMILES string of the molecule is O=C(O)c1cc(-n2nnc(C(=O)O)c2C2CC2)ccc1O. The number of aromatic carboxylic acids is 2. The van der Waals surface area contributed by atoms with Crippen LogP contribution >= 0.6 is 0 Å². The van der Waals surface area contributed by atoms with Gasteiger partial charge in [-0.05, 0) is 31.0 Å². The van der Waals surface area contributed by atoms with Crippen molar-refractivity contribution in [1.29, 1.82) is 0 Å². The first kappa shape index (κ1) is 13.1. The number of carboxylic acid groups (broad SMARTS) is 2. The van der Waals surface area contributed by atoms with Gasteiger partial charge in [-0.2, -0.15) is 0 Å². The average Bonchev–Trinajstić information content (AvgIpc) is 3.17. The summed E-state index contributed by atoms with van der Waals surface area (Å²) in [4.78, 5) is 22.2. The minimum absolute atomic E-state index is 0.0631. The number of carboxylic acids is 2. The van der Waals surface area contributed by atoms with E-state index in [1.54, 1.807) is 0 Å². The minimum atomic E-state index is -1.28. The number of aromatic nitrogens is 3. The molecule has 8 nitrogen and oxygen atoms in total. The molecule has 1 aromatic carbocycles. The first-order valence-corrected chi connectivity index (χ1v) is 6.24. The molecule has 0 unspecified atom stereocenters. The Morgan fingerprint density at radius 2 is 1.90 bits per heavy atom. The van der Waals surface area contributed by atoms with Crippen LogP contribution in [0.5, 0.6) is 5.75 Å². The quantitative estimate of drug-likeness (QED) is 0.773. The molecular formula is C13H11N3O5. The van der Waals surface area contributed by atoms with E-state index in [0.717, 1.165) is 12.8 Å². The van der Waals surface area contributed by atoms with Crippen LogP contribution in [-0.2, 0) is 0 Å². The Kier molecular flexibility index (Phi) is 2.86. The fourth-order valence-corrected chi connectivity index (χ4v) is 2.18. The number of benzene rings is 1. The summed E-state index contributed by atoms with van der Waals surface area (Å²) in [7, 11) is 0. The van der Waals surface area contributed by atoms with Gasteiger partial charge in [-0.15, -0.1) is 5.10 Å². The Hall–Kier alpha value is -2.90. The number of hydrogen-bond acceptors (Lipinski definition) is 5. The summed E-state index contributed by atoms with van der Waals surface area (Å²) in [5.41, 5.74) is 0.417. The molecule has 1 saturated carbocycles. The third kappa shape index (κ3) is 2.20. The summed E-state index contributed by atoms with van der Waals surface area (Å²) in [6.07, 6.45) is 1.69. The number of carbonyl (C=O) groups is 2. The zero-order valence-corrected chi connectivity index (χ0v) is 10.7. The average molecular weight is 289 g/mol. The molecule has 108 valence electrons. The minimum Gasteiger partial charge on any atom is -0.507 e. The highest BCUT2D eigenvalue weighted by Gasteiger charge is 2.34. The summed E-state index contributed by atoms with van der Waals surface area (Å²) >= 11 is 0. The summed E-state index contributed by atoms with van der Waals surface area (Å²) in [6, 6.07) is 3.94. The van der Waals surface area contributed by atoms with E-state index in [0.29, 0.717) is 11.4 Å². The molecule has 0 amide bonds. The van der Waals surface area contributed by atoms with Gasteiger partial charge in [-0.3, -0.25) is 0 Å². The highest BCUT2D eigenvalue weighted by molar-refractivity contribution is 5.91. The van der Waals surface area contributed by atoms with Gasteiger partial charge in [0.25, 0.3) is 0 Å². The highest BCUT2D eigenvalue weighted by atomic mass is 16.4. The molecule has 0 aliphatic heterocycles. The second-order valence-electron chi connectivity index (χ2n) is 4.82. The zero-order valence-electron chi connectivity index (χ0n) is 10.7. The van der Waals surface area contributed by atoms with Crippen LogP contribution in [0.1, 0.15) is 45.3 Å². The lowest BCUT2D eigenvalue weighted by Gasteiger charge is -2.08. The number of aromatic hydroxyl groups is 1. The van der Waals surface area contributed by atoms with E-state index in [1.165, 1.54) is 22.9 Å². The van der Waals surface area contributed by atoms with E-state index >= 15 is 0 Å². The molecule has 3 N–H and O–H groups in total. The molecule has 0 radical (unpaired) electrons. The van der Waals surface area contributed by atoms with E-state index in [2.05, 4.69) is 10.3 Å². The van der Waals surface area contributed by atoms with Crippen molar-refractivity contribution in [3.8, 4) is 11.4 Å². The fourth-order valence-electron chi connectivity index (χ4n) is 2.18. The molecule has 1 aromatic heterocycles. The van der Waals surface area contributed by atoms with Crippen LogP contribution in [0, 0.1) is 0 Å². The van der Waals surface area contributed by atoms with E-state index < -0.39 is 11.9 Å². The van der Waals surface area contributed by atoms with Crippen LogP contribution in [-0.4, -0.2) is 42.3 Å². The van der Waals surface area contributed by atoms with Crippen molar-refractivity contribution in [2.75, 3.05) is 0 Å². The van der Waals surface area contributed by atoms with Crippen LogP contribution in [0.2, 0.25) is 0 Å². The topological polar surface area (TPSA) is 126 Å². The van der Waals surface area contributed by atoms with Gasteiger partial charge in [-0.25, -0.2) is 14.3 Å². The Labute approximate surface area is 118 Å². The van der Waals surface area contributed by atoms with Gasteiger partial charge in [0.1, 0.15) is 11.3 Å². The summed E-state index contributed by atoms with van der Waals surface area (Å²) in [6.45, 7) is 0. The van der Waals surface area contributed by atoms with Gasteiger partial charge in [0.15, 0.2) is 5.69 Å². The number of rotatable bonds is 4. The molecule has 2 aromatic rings. The zero-order chi connectivity index (χ0) is 15.1. The van der Waals surface area contributed by atoms with Crippen LogP contribution in [0.25, 0.3) is 5.69 Å². The smallest absolute Gasteiger partial charge is 0.358 e. The van der Waals surface area contributed by atoms with Crippen molar-refractivity contribution in [3.05, 3.63) is 35.2 Å². The molecule has 21 heavy (non-hydrogen) atoms. The lowest BCUT2D eigenvalue weighted by Crippen LogP contribution is -2.07. The number of nitrogens with zero attached hydrogens (tertiary/aromatic N) is 3.